The van der Waals surface area contributed by atoms with Gasteiger partial charge in [-0.2, -0.15) is 12.1 Å². The van der Waals surface area contributed by atoms with Crippen molar-refractivity contribution in [3.63, 3.8) is 0 Å². The summed E-state index contributed by atoms with van der Waals surface area (Å²) in [4.78, 5) is 0. The van der Waals surface area contributed by atoms with Crippen LogP contribution >= 0.6 is 24.8 Å². The molecule has 6 aromatic carbocycles. The van der Waals surface area contributed by atoms with E-state index < -0.39 is 0 Å². The molecular weight excluding hydrogens is 647 g/mol. The first-order chi connectivity index (χ1) is 18.8. The van der Waals surface area contributed by atoms with Crippen LogP contribution in [0.5, 0.6) is 0 Å². The minimum absolute atomic E-state index is 0. The van der Waals surface area contributed by atoms with Crippen molar-refractivity contribution in [2.24, 2.45) is 0 Å². The predicted molar refractivity (Wildman–Crippen MR) is 191 cm³/mol. The second-order valence-corrected chi connectivity index (χ2v) is 9.58. The number of rotatable bonds is 6. The maximum absolute atomic E-state index is 3.06. The van der Waals surface area contributed by atoms with E-state index in [2.05, 4.69) is 142 Å². The summed E-state index contributed by atoms with van der Waals surface area (Å²) >= 11 is 1.36. The molecule has 2 radical (unpaired) electrons. The van der Waals surface area contributed by atoms with Gasteiger partial charge in [0.15, 0.2) is 0 Å². The topological polar surface area (TPSA) is 0 Å². The van der Waals surface area contributed by atoms with Gasteiger partial charge >= 0.3 is 30.2 Å². The van der Waals surface area contributed by atoms with Crippen molar-refractivity contribution in [2.45, 2.75) is 39.5 Å². The Kier molecular flexibility index (Phi) is 19.6. The fraction of sp³-hybridized carbons (Fsp3) is 0.158. The number of hydrogen-bond acceptors (Lipinski definition) is 0. The molecule has 0 N–H and O–H groups in total. The molecule has 0 atom stereocenters. The number of benzene rings is 4. The van der Waals surface area contributed by atoms with Crippen LogP contribution in [0.25, 0.3) is 43.8 Å². The van der Waals surface area contributed by atoms with Crippen LogP contribution in [0.4, 0.5) is 0 Å². The van der Waals surface area contributed by atoms with E-state index in [-0.39, 0.29) is 39.7 Å². The Labute approximate surface area is 283 Å². The van der Waals surface area contributed by atoms with Crippen molar-refractivity contribution >= 4 is 53.2 Å². The summed E-state index contributed by atoms with van der Waals surface area (Å²) in [5, 5.41) is 5.49. The molecule has 0 aromatic heterocycles. The van der Waals surface area contributed by atoms with Crippen LogP contribution in [0.2, 0.25) is 0 Å². The molecule has 4 heteroatoms. The first-order valence-electron chi connectivity index (χ1n) is 13.5. The van der Waals surface area contributed by atoms with E-state index in [0.717, 1.165) is 0 Å². The van der Waals surface area contributed by atoms with E-state index in [1.807, 2.05) is 0 Å². The third-order valence-electron chi connectivity index (χ3n) is 6.87. The van der Waals surface area contributed by atoms with E-state index in [0.29, 0.717) is 0 Å². The molecule has 0 spiro atoms. The Morgan fingerprint density at radius 2 is 0.881 bits per heavy atom. The molecule has 0 aliphatic carbocycles. The van der Waals surface area contributed by atoms with Crippen LogP contribution in [-0.2, 0) is 36.2 Å². The predicted octanol–water partition coefficient (Wildman–Crippen LogP) is 11.7. The molecule has 0 nitrogen and oxygen atoms in total. The average molecular weight is 689 g/mol. The van der Waals surface area contributed by atoms with Gasteiger partial charge in [0.1, 0.15) is 0 Å². The Bertz CT molecular complexity index is 1450. The van der Waals surface area contributed by atoms with Gasteiger partial charge in [0.2, 0.25) is 0 Å². The van der Waals surface area contributed by atoms with E-state index >= 15 is 0 Å². The van der Waals surface area contributed by atoms with Crippen LogP contribution in [0, 0.1) is 14.9 Å². The minimum atomic E-state index is 0. The molecule has 6 rings (SSSR count). The van der Waals surface area contributed by atoms with Crippen molar-refractivity contribution in [3.8, 4) is 22.3 Å². The zero-order valence-electron chi connectivity index (χ0n) is 25.2. The summed E-state index contributed by atoms with van der Waals surface area (Å²) in [6.45, 7) is 7.53. The molecule has 0 bridgehead atoms. The Morgan fingerprint density at radius 1 is 0.524 bits per heavy atom. The van der Waals surface area contributed by atoms with Crippen LogP contribution in [0.1, 0.15) is 37.8 Å². The molecular formula is C38H42Cl2SiZr-4. The molecule has 0 aliphatic heterocycles. The molecule has 6 aromatic rings. The van der Waals surface area contributed by atoms with Crippen molar-refractivity contribution in [3.05, 3.63) is 147 Å². The number of fused-ring (bicyclic) bond motifs is 2. The van der Waals surface area contributed by atoms with Crippen molar-refractivity contribution in [1.82, 2.24) is 0 Å². The van der Waals surface area contributed by atoms with Gasteiger partial charge < -0.3 is 14.9 Å². The molecule has 0 saturated heterocycles. The molecule has 0 unspecified atom stereocenters. The summed E-state index contributed by atoms with van der Waals surface area (Å²) in [6.07, 6.45) is 4.75. The Morgan fingerprint density at radius 3 is 1.21 bits per heavy atom. The van der Waals surface area contributed by atoms with Crippen LogP contribution in [-0.4, -0.2) is 6.88 Å². The third-order valence-corrected chi connectivity index (χ3v) is 6.87. The van der Waals surface area contributed by atoms with Gasteiger partial charge in [0, 0.05) is 0 Å². The Balaban J connectivity index is 0.000000694. The summed E-state index contributed by atoms with van der Waals surface area (Å²) in [5.74, 6) is 0. The average Bonchev–Trinajstić information content (AvgIpc) is 3.59. The quantitative estimate of drug-likeness (QED) is 0.121. The fourth-order valence-corrected chi connectivity index (χ4v) is 5.20. The first kappa shape index (κ1) is 39.8. The van der Waals surface area contributed by atoms with Crippen molar-refractivity contribution in [2.75, 3.05) is 0 Å². The monoisotopic (exact) mass is 686 g/mol. The van der Waals surface area contributed by atoms with Gasteiger partial charge in [-0.25, -0.2) is 0 Å². The third kappa shape index (κ3) is 9.92. The van der Waals surface area contributed by atoms with Gasteiger partial charge in [-0.3, -0.25) is 0 Å². The normalized spacial score (nSPS) is 9.45. The van der Waals surface area contributed by atoms with Gasteiger partial charge in [0.05, 0.1) is 0 Å². The second kappa shape index (κ2) is 20.6. The summed E-state index contributed by atoms with van der Waals surface area (Å²) in [7, 11) is 0. The zero-order valence-corrected chi connectivity index (χ0v) is 30.3. The Hall–Kier alpha value is -2.22. The van der Waals surface area contributed by atoms with E-state index in [4.69, 9.17) is 0 Å². The molecule has 42 heavy (non-hydrogen) atoms. The molecule has 0 heterocycles. The van der Waals surface area contributed by atoms with E-state index in [1.165, 1.54) is 104 Å². The molecule has 0 saturated carbocycles. The van der Waals surface area contributed by atoms with Crippen LogP contribution < -0.4 is 0 Å². The summed E-state index contributed by atoms with van der Waals surface area (Å²) in [6, 6.07) is 43.8. The van der Waals surface area contributed by atoms with E-state index in [1.54, 1.807) is 0 Å². The summed E-state index contributed by atoms with van der Waals surface area (Å²) < 4.78 is 0. The first-order valence-corrected chi connectivity index (χ1v) is 17.7. The van der Waals surface area contributed by atoms with Crippen molar-refractivity contribution in [1.29, 1.82) is 0 Å². The van der Waals surface area contributed by atoms with Gasteiger partial charge in [-0.15, -0.1) is 93.9 Å². The zero-order chi connectivity index (χ0) is 26.7. The van der Waals surface area contributed by atoms with Crippen LogP contribution in [0.3, 0.4) is 0 Å². The van der Waals surface area contributed by atoms with Gasteiger partial charge in [0.25, 0.3) is 0 Å². The fourth-order valence-electron chi connectivity index (χ4n) is 5.20. The molecule has 0 fully saturated rings. The van der Waals surface area contributed by atoms with E-state index in [9.17, 15) is 0 Å². The maximum atomic E-state index is 3.06. The van der Waals surface area contributed by atoms with Crippen LogP contribution in [0.15, 0.2) is 121 Å². The van der Waals surface area contributed by atoms with Gasteiger partial charge in [-0.05, 0) is 24.0 Å². The van der Waals surface area contributed by atoms with Crippen molar-refractivity contribution < 1.29 is 23.3 Å². The SMILES string of the molecule is CCCc1cc2c(-c3ccccc3)cccc2[cH-]1.CCCc1cc2c(-c3ccccc3)cccc2[cH-]1.Cl.Cl.[CH3-].[CH3-].[Si]=[Zr]. The number of halogens is 2. The van der Waals surface area contributed by atoms with Gasteiger partial charge in [-0.1, -0.05) is 111 Å². The number of aryl methyl sites for hydroxylation is 2. The summed E-state index contributed by atoms with van der Waals surface area (Å²) in [5.41, 5.74) is 8.20. The standard InChI is InChI=1S/2C18H17.2CH3.2ClH.Si.Zr/c2*1-2-7-14-12-16-10-6-11-17(18(16)13-14)15-8-4-3-5-9-15;;;;;;/h2*3-6,8-13H,2,7H2,1H3;2*1H3;2*1H;;/q4*-1;;;;. The molecule has 0 amide bonds. The second-order valence-electron chi connectivity index (χ2n) is 9.58. The molecule has 220 valence electrons. The molecule has 0 aliphatic rings. The number of hydrogen-bond donors (Lipinski definition) is 0.